The second-order valence-electron chi connectivity index (χ2n) is 3.91. The number of rotatable bonds is 5. The molecule has 0 spiro atoms. The molecule has 0 aliphatic rings. The van der Waals surface area contributed by atoms with E-state index in [2.05, 4.69) is 25.7 Å². The van der Waals surface area contributed by atoms with Crippen molar-refractivity contribution in [3.63, 3.8) is 0 Å². The van der Waals surface area contributed by atoms with E-state index >= 15 is 0 Å². The maximum absolute atomic E-state index is 13.0. The van der Waals surface area contributed by atoms with Crippen LogP contribution in [0.4, 0.5) is 8.78 Å². The van der Waals surface area contributed by atoms with Gasteiger partial charge in [0.1, 0.15) is 12.3 Å². The zero-order chi connectivity index (χ0) is 16.6. The van der Waals surface area contributed by atoms with Crippen molar-refractivity contribution in [1.82, 2.24) is 39.8 Å². The molecule has 13 heteroatoms. The molecule has 3 aromatic rings. The molecule has 10 nitrogen and oxygen atoms in total. The number of aryl methyl sites for hydroxylation is 1. The summed E-state index contributed by atoms with van der Waals surface area (Å²) in [6.45, 7) is -3.37. The van der Waals surface area contributed by atoms with Crippen LogP contribution < -0.4 is 10.4 Å². The van der Waals surface area contributed by atoms with Crippen molar-refractivity contribution in [3.8, 4) is 11.0 Å². The van der Waals surface area contributed by atoms with Crippen LogP contribution in [-0.4, -0.2) is 39.8 Å². The smallest absolute Gasteiger partial charge is 0.369 e. The number of thiazole rings is 1. The van der Waals surface area contributed by atoms with Crippen LogP contribution in [0.2, 0.25) is 0 Å². The molecule has 0 saturated carbocycles. The topological polar surface area (TPSA) is 106 Å². The van der Waals surface area contributed by atoms with Crippen molar-refractivity contribution in [3.05, 3.63) is 27.7 Å². The van der Waals surface area contributed by atoms with Gasteiger partial charge in [0, 0.05) is 18.6 Å². The predicted octanol–water partition coefficient (Wildman–Crippen LogP) is -0.0119. The lowest BCUT2D eigenvalue weighted by molar-refractivity contribution is 0.0481. The normalized spacial score (nSPS) is 11.9. The molecule has 0 aromatic carbocycles. The van der Waals surface area contributed by atoms with Crippen molar-refractivity contribution < 1.29 is 14.9 Å². The summed E-state index contributed by atoms with van der Waals surface area (Å²) in [6, 6.07) is 0. The molecule has 0 saturated heterocycles. The van der Waals surface area contributed by atoms with Crippen molar-refractivity contribution in [2.45, 2.75) is 13.2 Å². The number of alkyl halides is 2. The van der Waals surface area contributed by atoms with Crippen LogP contribution in [0.1, 0.15) is 13.6 Å². The van der Waals surface area contributed by atoms with Gasteiger partial charge in [-0.3, -0.25) is 0 Å². The van der Waals surface area contributed by atoms with E-state index in [4.69, 9.17) is 6.11 Å². The molecular weight excluding hydrogens is 322 g/mol. The van der Waals surface area contributed by atoms with Gasteiger partial charge in [0.15, 0.2) is 0 Å². The summed E-state index contributed by atoms with van der Waals surface area (Å²) >= 11 is 1.04. The number of hydrogen-bond donors (Lipinski definition) is 0. The summed E-state index contributed by atoms with van der Waals surface area (Å²) in [5.74, 6) is -0.217. The second-order valence-corrected chi connectivity index (χ2v) is 4.73. The maximum atomic E-state index is 13.0. The summed E-state index contributed by atoms with van der Waals surface area (Å²) in [7, 11) is 1.35. The standard InChI is InChI=1S/C9H8F2N8O2S/c1-17-9(20)19(16-15-17)6-5(18(7(10)11)14-13-6)4-21-8-12-2-3-22-8/h2-3,7H,4H2,1H3/i2T. The third-order valence-electron chi connectivity index (χ3n) is 2.58. The molecule has 0 atom stereocenters. The summed E-state index contributed by atoms with van der Waals surface area (Å²) in [5, 5.41) is 15.4. The minimum Gasteiger partial charge on any atom is -0.463 e. The summed E-state index contributed by atoms with van der Waals surface area (Å²) in [6.07, 6.45) is -0.00383. The van der Waals surface area contributed by atoms with Crippen LogP contribution in [0.3, 0.4) is 0 Å². The first-order valence-corrected chi connectivity index (χ1v) is 6.62. The van der Waals surface area contributed by atoms with Crippen molar-refractivity contribution in [2.24, 2.45) is 7.05 Å². The average Bonchev–Trinajstić information content (AvgIpc) is 3.18. The van der Waals surface area contributed by atoms with E-state index in [0.717, 1.165) is 20.7 Å². The summed E-state index contributed by atoms with van der Waals surface area (Å²) in [4.78, 5) is 15.6. The second kappa shape index (κ2) is 5.59. The Balaban J connectivity index is 1.97. The summed E-state index contributed by atoms with van der Waals surface area (Å²) in [5.41, 5.74) is -0.848. The van der Waals surface area contributed by atoms with Gasteiger partial charge < -0.3 is 4.74 Å². The molecule has 3 aromatic heterocycles. The molecule has 22 heavy (non-hydrogen) atoms. The number of aromatic nitrogens is 8. The Kier molecular flexibility index (Phi) is 3.30. The lowest BCUT2D eigenvalue weighted by Crippen LogP contribution is -2.23. The van der Waals surface area contributed by atoms with Gasteiger partial charge in [-0.25, -0.2) is 9.78 Å². The largest absolute Gasteiger partial charge is 0.463 e. The first-order chi connectivity index (χ1) is 11.0. The molecule has 0 fully saturated rings. The predicted molar refractivity (Wildman–Crippen MR) is 67.9 cm³/mol. The van der Waals surface area contributed by atoms with Crippen LogP contribution in [-0.2, 0) is 13.7 Å². The molecule has 3 rings (SSSR count). The molecule has 0 aliphatic heterocycles. The number of tetrazole rings is 1. The fourth-order valence-corrected chi connectivity index (χ4v) is 2.02. The van der Waals surface area contributed by atoms with Gasteiger partial charge >= 0.3 is 12.2 Å². The van der Waals surface area contributed by atoms with E-state index in [-0.39, 0.29) is 29.5 Å². The molecule has 0 N–H and O–H groups in total. The molecule has 3 heterocycles. The first-order valence-electron chi connectivity index (χ1n) is 6.24. The van der Waals surface area contributed by atoms with Crippen molar-refractivity contribution in [2.75, 3.05) is 0 Å². The highest BCUT2D eigenvalue weighted by Gasteiger charge is 2.23. The molecule has 0 aliphatic carbocycles. The van der Waals surface area contributed by atoms with E-state index in [1.807, 2.05) is 0 Å². The number of halogens is 2. The van der Waals surface area contributed by atoms with Gasteiger partial charge in [0.25, 0.3) is 5.19 Å². The zero-order valence-electron chi connectivity index (χ0n) is 11.9. The van der Waals surface area contributed by atoms with Crippen molar-refractivity contribution >= 4 is 11.3 Å². The van der Waals surface area contributed by atoms with Gasteiger partial charge in [0.2, 0.25) is 5.82 Å². The Morgan fingerprint density at radius 3 is 2.86 bits per heavy atom. The van der Waals surface area contributed by atoms with Crippen LogP contribution in [0, 0.1) is 0 Å². The Morgan fingerprint density at radius 2 is 2.27 bits per heavy atom. The molecule has 0 unspecified atom stereocenters. The third kappa shape index (κ3) is 2.45. The number of ether oxygens (including phenoxy) is 1. The molecule has 116 valence electrons. The molecule has 0 bridgehead atoms. The minimum absolute atomic E-state index is 0.00383. The maximum Gasteiger partial charge on any atom is 0.369 e. The fraction of sp³-hybridized carbons (Fsp3) is 0.333. The monoisotopic (exact) mass is 332 g/mol. The number of nitrogens with zero attached hydrogens (tertiary/aromatic N) is 8. The van der Waals surface area contributed by atoms with Gasteiger partial charge in [-0.1, -0.05) is 16.6 Å². The Morgan fingerprint density at radius 1 is 1.45 bits per heavy atom. The van der Waals surface area contributed by atoms with E-state index in [1.54, 1.807) is 0 Å². The van der Waals surface area contributed by atoms with Crippen LogP contribution in [0.25, 0.3) is 5.82 Å². The van der Waals surface area contributed by atoms with Crippen LogP contribution >= 0.6 is 11.3 Å². The lowest BCUT2D eigenvalue weighted by Gasteiger charge is -2.06. The Bertz CT molecular complexity index is 886. The zero-order valence-corrected chi connectivity index (χ0v) is 11.7. The minimum atomic E-state index is -2.98. The highest BCUT2D eigenvalue weighted by Crippen LogP contribution is 2.20. The van der Waals surface area contributed by atoms with Gasteiger partial charge in [-0.2, -0.15) is 18.1 Å². The van der Waals surface area contributed by atoms with E-state index in [0.29, 0.717) is 4.68 Å². The summed E-state index contributed by atoms with van der Waals surface area (Å²) < 4.78 is 40.6. The average molecular weight is 332 g/mol. The quantitative estimate of drug-likeness (QED) is 0.647. The van der Waals surface area contributed by atoms with Crippen molar-refractivity contribution in [1.29, 1.82) is 0 Å². The SMILES string of the molecule is [3H]c1csc(OCc2c(-n3nnn(C)c3=O)nnn2C(F)F)n1. The molecular formula is C9H8F2N8O2S. The Labute approximate surface area is 126 Å². The van der Waals surface area contributed by atoms with Crippen LogP contribution in [0.5, 0.6) is 5.19 Å². The third-order valence-corrected chi connectivity index (χ3v) is 3.21. The van der Waals surface area contributed by atoms with E-state index in [9.17, 15) is 13.6 Å². The Hall–Kier alpha value is -2.70. The van der Waals surface area contributed by atoms with E-state index in [1.165, 1.54) is 12.4 Å². The first kappa shape index (κ1) is 13.0. The number of hydrogen-bond acceptors (Lipinski definition) is 8. The van der Waals surface area contributed by atoms with Gasteiger partial charge in [0.05, 0.1) is 1.37 Å². The van der Waals surface area contributed by atoms with Gasteiger partial charge in [-0.15, -0.1) is 9.78 Å². The fourth-order valence-electron chi connectivity index (χ4n) is 1.58. The lowest BCUT2D eigenvalue weighted by atomic mass is 10.4. The molecule has 0 amide bonds. The molecule has 0 radical (unpaired) electrons. The van der Waals surface area contributed by atoms with Gasteiger partial charge in [-0.05, 0) is 10.4 Å². The van der Waals surface area contributed by atoms with Crippen LogP contribution in [0.15, 0.2) is 16.3 Å². The van der Waals surface area contributed by atoms with E-state index < -0.39 is 12.2 Å². The highest BCUT2D eigenvalue weighted by molar-refractivity contribution is 7.11. The highest BCUT2D eigenvalue weighted by atomic mass is 32.1.